The molecule has 0 atom stereocenters. The second kappa shape index (κ2) is 5.85. The van der Waals surface area contributed by atoms with Crippen molar-refractivity contribution in [2.45, 2.75) is 6.92 Å². The molecule has 112 valence electrons. The minimum absolute atomic E-state index is 0.325. The number of aromatic nitrogens is 3. The van der Waals surface area contributed by atoms with Gasteiger partial charge in [0.2, 0.25) is 0 Å². The molecule has 0 radical (unpaired) electrons. The zero-order chi connectivity index (χ0) is 15.5. The van der Waals surface area contributed by atoms with E-state index in [9.17, 15) is 4.79 Å². The first kappa shape index (κ1) is 14.1. The van der Waals surface area contributed by atoms with Crippen molar-refractivity contribution in [2.24, 2.45) is 0 Å². The van der Waals surface area contributed by atoms with Gasteiger partial charge >= 0.3 is 5.97 Å². The molecule has 2 aromatic heterocycles. The van der Waals surface area contributed by atoms with Gasteiger partial charge in [-0.3, -0.25) is 0 Å². The Bertz CT molecular complexity index is 809. The zero-order valence-electron chi connectivity index (χ0n) is 12.4. The van der Waals surface area contributed by atoms with E-state index in [1.807, 2.05) is 31.3 Å². The Balaban J connectivity index is 2.16. The van der Waals surface area contributed by atoms with Gasteiger partial charge < -0.3 is 15.0 Å². The maximum Gasteiger partial charge on any atom is 0.340 e. The lowest BCUT2D eigenvalue weighted by molar-refractivity contribution is 0.0528. The van der Waals surface area contributed by atoms with E-state index in [4.69, 9.17) is 4.74 Å². The van der Waals surface area contributed by atoms with Crippen LogP contribution in [0.4, 0.5) is 5.69 Å². The molecule has 0 spiro atoms. The van der Waals surface area contributed by atoms with Gasteiger partial charge in [-0.25, -0.2) is 14.8 Å². The minimum atomic E-state index is -0.378. The lowest BCUT2D eigenvalue weighted by Crippen LogP contribution is -2.04. The number of fused-ring (bicyclic) bond motifs is 1. The maximum atomic E-state index is 12.1. The molecule has 0 saturated heterocycles. The number of nitrogens with zero attached hydrogens (tertiary/aromatic N) is 2. The maximum absolute atomic E-state index is 12.1. The SMILES string of the molecule is CCOC(=O)c1c[nH]c2ncnc(-c3ccc(NC)cc3)c12. The molecule has 22 heavy (non-hydrogen) atoms. The number of hydrogen-bond acceptors (Lipinski definition) is 5. The number of rotatable bonds is 4. The summed E-state index contributed by atoms with van der Waals surface area (Å²) in [5.41, 5.74) is 3.69. The third kappa shape index (κ3) is 2.39. The van der Waals surface area contributed by atoms with Gasteiger partial charge in [0.05, 0.1) is 23.3 Å². The molecule has 2 N–H and O–H groups in total. The number of esters is 1. The summed E-state index contributed by atoms with van der Waals surface area (Å²) < 4.78 is 5.10. The fourth-order valence-electron chi connectivity index (χ4n) is 2.35. The van der Waals surface area contributed by atoms with Crippen molar-refractivity contribution in [3.63, 3.8) is 0 Å². The first-order chi connectivity index (χ1) is 10.7. The molecule has 6 nitrogen and oxygen atoms in total. The number of aromatic amines is 1. The average molecular weight is 296 g/mol. The summed E-state index contributed by atoms with van der Waals surface area (Å²) in [6, 6.07) is 7.82. The summed E-state index contributed by atoms with van der Waals surface area (Å²) in [7, 11) is 1.86. The predicted octanol–water partition coefficient (Wildman–Crippen LogP) is 2.84. The monoisotopic (exact) mass is 296 g/mol. The van der Waals surface area contributed by atoms with Crippen LogP contribution in [0.5, 0.6) is 0 Å². The number of carbonyl (C=O) groups excluding carboxylic acids is 1. The van der Waals surface area contributed by atoms with Gasteiger partial charge in [0, 0.05) is 24.5 Å². The van der Waals surface area contributed by atoms with E-state index < -0.39 is 0 Å². The Labute approximate surface area is 127 Å². The zero-order valence-corrected chi connectivity index (χ0v) is 12.4. The van der Waals surface area contributed by atoms with Crippen LogP contribution in [0, 0.1) is 0 Å². The van der Waals surface area contributed by atoms with Crippen LogP contribution in [0.15, 0.2) is 36.8 Å². The highest BCUT2D eigenvalue weighted by Crippen LogP contribution is 2.29. The molecule has 2 heterocycles. The highest BCUT2D eigenvalue weighted by atomic mass is 16.5. The van der Waals surface area contributed by atoms with Gasteiger partial charge in [0.15, 0.2) is 0 Å². The molecule has 6 heteroatoms. The normalized spacial score (nSPS) is 10.6. The Hall–Kier alpha value is -2.89. The van der Waals surface area contributed by atoms with E-state index in [0.29, 0.717) is 28.9 Å². The van der Waals surface area contributed by atoms with E-state index in [1.54, 1.807) is 13.1 Å². The summed E-state index contributed by atoms with van der Waals surface area (Å²) in [6.45, 7) is 2.10. The third-order valence-corrected chi connectivity index (χ3v) is 3.41. The topological polar surface area (TPSA) is 79.9 Å². The summed E-state index contributed by atoms with van der Waals surface area (Å²) in [6.07, 6.45) is 3.10. The van der Waals surface area contributed by atoms with Crippen molar-refractivity contribution >= 4 is 22.7 Å². The Morgan fingerprint density at radius 1 is 1.27 bits per heavy atom. The lowest BCUT2D eigenvalue weighted by Gasteiger charge is -2.06. The molecule has 0 saturated carbocycles. The van der Waals surface area contributed by atoms with Gasteiger partial charge in [-0.2, -0.15) is 0 Å². The number of benzene rings is 1. The number of ether oxygens (including phenoxy) is 1. The van der Waals surface area contributed by atoms with E-state index >= 15 is 0 Å². The molecular formula is C16H16N4O2. The first-order valence-electron chi connectivity index (χ1n) is 7.02. The lowest BCUT2D eigenvalue weighted by atomic mass is 10.1. The number of hydrogen-bond donors (Lipinski definition) is 2. The Kier molecular flexibility index (Phi) is 3.74. The van der Waals surface area contributed by atoms with Crippen LogP contribution in [0.2, 0.25) is 0 Å². The van der Waals surface area contributed by atoms with Gasteiger partial charge in [-0.15, -0.1) is 0 Å². The molecule has 1 aromatic carbocycles. The average Bonchev–Trinajstić information content (AvgIpc) is 2.99. The highest BCUT2D eigenvalue weighted by molar-refractivity contribution is 6.08. The third-order valence-electron chi connectivity index (χ3n) is 3.41. The summed E-state index contributed by atoms with van der Waals surface area (Å²) >= 11 is 0. The second-order valence-corrected chi connectivity index (χ2v) is 4.70. The number of nitrogens with one attached hydrogen (secondary N) is 2. The van der Waals surface area contributed by atoms with E-state index in [2.05, 4.69) is 20.3 Å². The van der Waals surface area contributed by atoms with Crippen LogP contribution >= 0.6 is 0 Å². The molecule has 3 aromatic rings. The molecule has 0 bridgehead atoms. The number of anilines is 1. The number of H-pyrrole nitrogens is 1. The van der Waals surface area contributed by atoms with Crippen molar-refractivity contribution in [3.8, 4) is 11.3 Å². The molecule has 0 aliphatic rings. The molecule has 0 amide bonds. The number of carbonyl (C=O) groups is 1. The van der Waals surface area contributed by atoms with Crippen molar-refractivity contribution in [1.82, 2.24) is 15.0 Å². The molecule has 0 unspecified atom stereocenters. The summed E-state index contributed by atoms with van der Waals surface area (Å²) in [4.78, 5) is 23.6. The fourth-order valence-corrected chi connectivity index (χ4v) is 2.35. The Morgan fingerprint density at radius 3 is 2.73 bits per heavy atom. The van der Waals surface area contributed by atoms with E-state index in [1.165, 1.54) is 6.33 Å². The fraction of sp³-hybridized carbons (Fsp3) is 0.188. The smallest absolute Gasteiger partial charge is 0.340 e. The van der Waals surface area contributed by atoms with Crippen LogP contribution < -0.4 is 5.32 Å². The highest BCUT2D eigenvalue weighted by Gasteiger charge is 2.18. The quantitative estimate of drug-likeness (QED) is 0.724. The molecule has 0 fully saturated rings. The van der Waals surface area contributed by atoms with Crippen molar-refractivity contribution < 1.29 is 9.53 Å². The predicted molar refractivity (Wildman–Crippen MR) is 84.8 cm³/mol. The van der Waals surface area contributed by atoms with Crippen LogP contribution in [0.1, 0.15) is 17.3 Å². The molecule has 0 aliphatic heterocycles. The second-order valence-electron chi connectivity index (χ2n) is 4.70. The summed E-state index contributed by atoms with van der Waals surface area (Å²) in [5.74, 6) is -0.378. The minimum Gasteiger partial charge on any atom is -0.462 e. The van der Waals surface area contributed by atoms with Crippen molar-refractivity contribution in [1.29, 1.82) is 0 Å². The van der Waals surface area contributed by atoms with Crippen molar-refractivity contribution in [3.05, 3.63) is 42.4 Å². The molecular weight excluding hydrogens is 280 g/mol. The van der Waals surface area contributed by atoms with Gasteiger partial charge in [0.1, 0.15) is 12.0 Å². The molecule has 0 aliphatic carbocycles. The van der Waals surface area contributed by atoms with E-state index in [-0.39, 0.29) is 5.97 Å². The van der Waals surface area contributed by atoms with Crippen LogP contribution in [-0.2, 0) is 4.74 Å². The summed E-state index contributed by atoms with van der Waals surface area (Å²) in [5, 5.41) is 3.75. The van der Waals surface area contributed by atoms with Gasteiger partial charge in [-0.1, -0.05) is 12.1 Å². The van der Waals surface area contributed by atoms with Gasteiger partial charge in [0.25, 0.3) is 0 Å². The van der Waals surface area contributed by atoms with Crippen molar-refractivity contribution in [2.75, 3.05) is 19.0 Å². The van der Waals surface area contributed by atoms with Crippen LogP contribution in [-0.4, -0.2) is 34.6 Å². The van der Waals surface area contributed by atoms with Crippen LogP contribution in [0.25, 0.3) is 22.3 Å². The first-order valence-corrected chi connectivity index (χ1v) is 7.02. The molecule has 3 rings (SSSR count). The van der Waals surface area contributed by atoms with Gasteiger partial charge in [-0.05, 0) is 19.1 Å². The largest absolute Gasteiger partial charge is 0.462 e. The van der Waals surface area contributed by atoms with E-state index in [0.717, 1.165) is 11.3 Å². The van der Waals surface area contributed by atoms with Crippen LogP contribution in [0.3, 0.4) is 0 Å². The Morgan fingerprint density at radius 2 is 2.05 bits per heavy atom. The standard InChI is InChI=1S/C16H16N4O2/c1-3-22-16(21)12-8-18-15-13(12)14(19-9-20-15)10-4-6-11(17-2)7-5-10/h4-9,17H,3H2,1-2H3,(H,18,19,20).